The molecule has 2 rings (SSSR count). The van der Waals surface area contributed by atoms with E-state index in [1.807, 2.05) is 42.5 Å². The number of rotatable bonds is 5. The normalized spacial score (nSPS) is 11.8. The van der Waals surface area contributed by atoms with Gasteiger partial charge < -0.3 is 9.84 Å². The maximum atomic E-state index is 11.5. The van der Waals surface area contributed by atoms with Crippen molar-refractivity contribution in [2.45, 2.75) is 12.3 Å². The molecule has 0 saturated carbocycles. The summed E-state index contributed by atoms with van der Waals surface area (Å²) < 4.78 is 5.25. The van der Waals surface area contributed by atoms with Gasteiger partial charge in [0, 0.05) is 5.56 Å². The van der Waals surface area contributed by atoms with Crippen LogP contribution in [0.25, 0.3) is 0 Å². The first-order valence-electron chi connectivity index (χ1n) is 6.12. The van der Waals surface area contributed by atoms with Crippen LogP contribution >= 0.6 is 0 Å². The Labute approximate surface area is 112 Å². The molecule has 3 nitrogen and oxygen atoms in total. The summed E-state index contributed by atoms with van der Waals surface area (Å²) in [6, 6.07) is 16.9. The number of ether oxygens (including phenoxy) is 1. The van der Waals surface area contributed by atoms with E-state index in [0.717, 1.165) is 5.56 Å². The maximum Gasteiger partial charge on any atom is 0.311 e. The highest BCUT2D eigenvalue weighted by molar-refractivity contribution is 5.77. The predicted molar refractivity (Wildman–Crippen MR) is 73.5 cm³/mol. The summed E-state index contributed by atoms with van der Waals surface area (Å²) in [5.74, 6) is -0.822. The Hall–Kier alpha value is -2.29. The molecule has 2 aromatic carbocycles. The molecule has 0 heterocycles. The molecule has 0 radical (unpaired) electrons. The van der Waals surface area contributed by atoms with Crippen molar-refractivity contribution in [1.82, 2.24) is 0 Å². The Bertz CT molecular complexity index is 549. The van der Waals surface area contributed by atoms with Crippen LogP contribution in [0.1, 0.15) is 17.0 Å². The average Bonchev–Trinajstić information content (AvgIpc) is 2.45. The van der Waals surface area contributed by atoms with Crippen molar-refractivity contribution in [2.75, 3.05) is 7.11 Å². The second-order valence-electron chi connectivity index (χ2n) is 4.32. The van der Waals surface area contributed by atoms with Gasteiger partial charge >= 0.3 is 5.97 Å². The van der Waals surface area contributed by atoms with Gasteiger partial charge in [0.05, 0.1) is 13.0 Å². The second-order valence-corrected chi connectivity index (χ2v) is 4.32. The number of carboxylic acids is 1. The number of methoxy groups -OCH3 is 1. The zero-order valence-electron chi connectivity index (χ0n) is 10.7. The third-order valence-electron chi connectivity index (χ3n) is 3.10. The highest BCUT2D eigenvalue weighted by Gasteiger charge is 2.23. The second kappa shape index (κ2) is 6.05. The summed E-state index contributed by atoms with van der Waals surface area (Å²) in [7, 11) is 1.56. The summed E-state index contributed by atoms with van der Waals surface area (Å²) in [6.45, 7) is 0. The zero-order chi connectivity index (χ0) is 13.7. The van der Waals surface area contributed by atoms with E-state index < -0.39 is 11.9 Å². The number of benzene rings is 2. The lowest BCUT2D eigenvalue weighted by atomic mass is 9.91. The van der Waals surface area contributed by atoms with Gasteiger partial charge in [0.25, 0.3) is 0 Å². The molecule has 0 spiro atoms. The fraction of sp³-hybridized carbons (Fsp3) is 0.188. The van der Waals surface area contributed by atoms with Gasteiger partial charge in [-0.25, -0.2) is 0 Å². The van der Waals surface area contributed by atoms with Gasteiger partial charge in [-0.2, -0.15) is 0 Å². The SMILES string of the molecule is COc1ccccc1C(Cc1ccccc1)C(=O)O. The Morgan fingerprint density at radius 1 is 1.11 bits per heavy atom. The molecule has 2 aromatic rings. The Morgan fingerprint density at radius 3 is 2.37 bits per heavy atom. The number of carboxylic acid groups (broad SMARTS) is 1. The van der Waals surface area contributed by atoms with Gasteiger partial charge in [0.2, 0.25) is 0 Å². The molecule has 0 saturated heterocycles. The van der Waals surface area contributed by atoms with Crippen molar-refractivity contribution in [3.8, 4) is 5.75 Å². The monoisotopic (exact) mass is 256 g/mol. The Balaban J connectivity index is 2.33. The van der Waals surface area contributed by atoms with Gasteiger partial charge in [-0.15, -0.1) is 0 Å². The molecule has 0 fully saturated rings. The van der Waals surface area contributed by atoms with Crippen molar-refractivity contribution < 1.29 is 14.6 Å². The third kappa shape index (κ3) is 3.13. The fourth-order valence-corrected chi connectivity index (χ4v) is 2.13. The van der Waals surface area contributed by atoms with E-state index in [1.54, 1.807) is 19.2 Å². The summed E-state index contributed by atoms with van der Waals surface area (Å²) in [4.78, 5) is 11.5. The molecule has 0 bridgehead atoms. The number of para-hydroxylation sites is 1. The third-order valence-corrected chi connectivity index (χ3v) is 3.10. The molecule has 0 aliphatic rings. The van der Waals surface area contributed by atoms with Crippen LogP contribution in [0.2, 0.25) is 0 Å². The van der Waals surface area contributed by atoms with Crippen LogP contribution in [-0.2, 0) is 11.2 Å². The van der Waals surface area contributed by atoms with E-state index in [-0.39, 0.29) is 0 Å². The molecular formula is C16H16O3. The van der Waals surface area contributed by atoms with E-state index in [4.69, 9.17) is 4.74 Å². The number of hydrogen-bond acceptors (Lipinski definition) is 2. The number of carbonyl (C=O) groups is 1. The molecular weight excluding hydrogens is 240 g/mol. The van der Waals surface area contributed by atoms with Gasteiger partial charge in [-0.3, -0.25) is 4.79 Å². The van der Waals surface area contributed by atoms with Crippen molar-refractivity contribution in [3.05, 3.63) is 65.7 Å². The van der Waals surface area contributed by atoms with Crippen molar-refractivity contribution in [1.29, 1.82) is 0 Å². The van der Waals surface area contributed by atoms with E-state index in [2.05, 4.69) is 0 Å². The molecule has 0 aromatic heterocycles. The molecule has 1 N–H and O–H groups in total. The Kier molecular flexibility index (Phi) is 4.18. The minimum absolute atomic E-state index is 0.455. The summed E-state index contributed by atoms with van der Waals surface area (Å²) in [6.07, 6.45) is 0.455. The van der Waals surface area contributed by atoms with Crippen molar-refractivity contribution in [3.63, 3.8) is 0 Å². The van der Waals surface area contributed by atoms with Crippen LogP contribution in [0, 0.1) is 0 Å². The van der Waals surface area contributed by atoms with Crippen LogP contribution in [0.3, 0.4) is 0 Å². The maximum absolute atomic E-state index is 11.5. The zero-order valence-corrected chi connectivity index (χ0v) is 10.7. The van der Waals surface area contributed by atoms with Crippen molar-refractivity contribution in [2.24, 2.45) is 0 Å². The number of aliphatic carboxylic acids is 1. The highest BCUT2D eigenvalue weighted by atomic mass is 16.5. The van der Waals surface area contributed by atoms with Gasteiger partial charge in [0.1, 0.15) is 5.75 Å². The molecule has 98 valence electrons. The molecule has 3 heteroatoms. The molecule has 1 unspecified atom stereocenters. The summed E-state index contributed by atoms with van der Waals surface area (Å²) >= 11 is 0. The first-order chi connectivity index (χ1) is 9.22. The first kappa shape index (κ1) is 13.1. The minimum atomic E-state index is -0.839. The summed E-state index contributed by atoms with van der Waals surface area (Å²) in [5, 5.41) is 9.45. The largest absolute Gasteiger partial charge is 0.496 e. The smallest absolute Gasteiger partial charge is 0.311 e. The average molecular weight is 256 g/mol. The quantitative estimate of drug-likeness (QED) is 0.894. The first-order valence-corrected chi connectivity index (χ1v) is 6.12. The van der Waals surface area contributed by atoms with Crippen LogP contribution in [0.15, 0.2) is 54.6 Å². The molecule has 0 aliphatic heterocycles. The highest BCUT2D eigenvalue weighted by Crippen LogP contribution is 2.29. The molecule has 0 amide bonds. The topological polar surface area (TPSA) is 46.5 Å². The lowest BCUT2D eigenvalue weighted by Gasteiger charge is -2.16. The number of hydrogen-bond donors (Lipinski definition) is 1. The van der Waals surface area contributed by atoms with Crippen LogP contribution in [0.5, 0.6) is 5.75 Å². The van der Waals surface area contributed by atoms with Gasteiger partial charge in [-0.05, 0) is 18.1 Å². The molecule has 19 heavy (non-hydrogen) atoms. The predicted octanol–water partition coefficient (Wildman–Crippen LogP) is 3.11. The molecule has 0 aliphatic carbocycles. The van der Waals surface area contributed by atoms with Crippen LogP contribution < -0.4 is 4.74 Å². The van der Waals surface area contributed by atoms with E-state index >= 15 is 0 Å². The van der Waals surface area contributed by atoms with Crippen molar-refractivity contribution >= 4 is 5.97 Å². The molecule has 1 atom stereocenters. The van der Waals surface area contributed by atoms with Crippen LogP contribution in [-0.4, -0.2) is 18.2 Å². The van der Waals surface area contributed by atoms with E-state index in [1.165, 1.54) is 0 Å². The minimum Gasteiger partial charge on any atom is -0.496 e. The Morgan fingerprint density at radius 2 is 1.74 bits per heavy atom. The van der Waals surface area contributed by atoms with E-state index in [9.17, 15) is 9.90 Å². The standard InChI is InChI=1S/C16H16O3/c1-19-15-10-6-5-9-13(15)14(16(17)18)11-12-7-3-2-4-8-12/h2-10,14H,11H2,1H3,(H,17,18). The van der Waals surface area contributed by atoms with E-state index in [0.29, 0.717) is 17.7 Å². The lowest BCUT2D eigenvalue weighted by Crippen LogP contribution is -2.15. The summed E-state index contributed by atoms with van der Waals surface area (Å²) in [5.41, 5.74) is 1.71. The lowest BCUT2D eigenvalue weighted by molar-refractivity contribution is -0.138. The van der Waals surface area contributed by atoms with Crippen LogP contribution in [0.4, 0.5) is 0 Å². The van der Waals surface area contributed by atoms with Gasteiger partial charge in [-0.1, -0.05) is 48.5 Å². The fourth-order valence-electron chi connectivity index (χ4n) is 2.13. The van der Waals surface area contributed by atoms with Gasteiger partial charge in [0.15, 0.2) is 0 Å².